The second-order valence-electron chi connectivity index (χ2n) is 9.73. The lowest BCUT2D eigenvalue weighted by Gasteiger charge is -2.26. The molecule has 0 radical (unpaired) electrons. The molecule has 1 fully saturated rings. The number of hydrogen-bond donors (Lipinski definition) is 0. The van der Waals surface area contributed by atoms with E-state index in [1.807, 2.05) is 27.7 Å². The van der Waals surface area contributed by atoms with Crippen LogP contribution in [-0.4, -0.2) is 25.2 Å². The Bertz CT molecular complexity index is 527. The van der Waals surface area contributed by atoms with Crippen LogP contribution in [-0.2, 0) is 19.1 Å². The van der Waals surface area contributed by atoms with E-state index in [4.69, 9.17) is 9.47 Å². The van der Waals surface area contributed by atoms with Crippen molar-refractivity contribution in [3.8, 4) is 0 Å². The standard InChI is InChI=1S/C26H46O4/c1-6-7-8-9-10-14-17-23(25(27)29-18-20(2)3)24(22-15-12-11-13-16-22)26(28)30-19-21(4)5/h20-22H,6-19H2,1-5H3/b24-23-. The van der Waals surface area contributed by atoms with Crippen LogP contribution in [0.5, 0.6) is 0 Å². The molecule has 1 rings (SSSR count). The molecule has 0 bridgehead atoms. The fourth-order valence-corrected chi connectivity index (χ4v) is 4.01. The third-order valence-corrected chi connectivity index (χ3v) is 5.68. The van der Waals surface area contributed by atoms with Crippen molar-refractivity contribution in [1.29, 1.82) is 0 Å². The van der Waals surface area contributed by atoms with Gasteiger partial charge in [0.2, 0.25) is 0 Å². The highest BCUT2D eigenvalue weighted by molar-refractivity contribution is 6.00. The highest BCUT2D eigenvalue weighted by atomic mass is 16.5. The lowest BCUT2D eigenvalue weighted by Crippen LogP contribution is -2.25. The second-order valence-corrected chi connectivity index (χ2v) is 9.73. The number of carbonyl (C=O) groups excluding carboxylic acids is 2. The summed E-state index contributed by atoms with van der Waals surface area (Å²) in [6.45, 7) is 11.1. The summed E-state index contributed by atoms with van der Waals surface area (Å²) in [5, 5.41) is 0. The van der Waals surface area contributed by atoms with E-state index < -0.39 is 0 Å². The monoisotopic (exact) mass is 422 g/mol. The molecule has 1 saturated carbocycles. The fourth-order valence-electron chi connectivity index (χ4n) is 4.01. The zero-order chi connectivity index (χ0) is 22.4. The second kappa shape index (κ2) is 15.5. The van der Waals surface area contributed by atoms with Crippen molar-refractivity contribution in [2.75, 3.05) is 13.2 Å². The van der Waals surface area contributed by atoms with Gasteiger partial charge in [-0.1, -0.05) is 86.0 Å². The molecule has 0 N–H and O–H groups in total. The van der Waals surface area contributed by atoms with E-state index in [0.29, 0.717) is 30.8 Å². The van der Waals surface area contributed by atoms with Crippen LogP contribution >= 0.6 is 0 Å². The quantitative estimate of drug-likeness (QED) is 0.172. The highest BCUT2D eigenvalue weighted by Crippen LogP contribution is 2.34. The van der Waals surface area contributed by atoms with Crippen molar-refractivity contribution in [2.45, 2.75) is 112 Å². The minimum Gasteiger partial charge on any atom is -0.462 e. The van der Waals surface area contributed by atoms with Gasteiger partial charge in [0, 0.05) is 5.57 Å². The molecule has 4 nitrogen and oxygen atoms in total. The Morgan fingerprint density at radius 2 is 1.30 bits per heavy atom. The minimum absolute atomic E-state index is 0.125. The van der Waals surface area contributed by atoms with E-state index in [9.17, 15) is 9.59 Å². The summed E-state index contributed by atoms with van der Waals surface area (Å²) in [7, 11) is 0. The molecule has 0 aromatic heterocycles. The van der Waals surface area contributed by atoms with E-state index in [0.717, 1.165) is 38.5 Å². The number of ether oxygens (including phenoxy) is 2. The third kappa shape index (κ3) is 10.6. The van der Waals surface area contributed by atoms with Crippen molar-refractivity contribution in [3.05, 3.63) is 11.1 Å². The Hall–Kier alpha value is -1.32. The van der Waals surface area contributed by atoms with E-state index in [2.05, 4.69) is 6.92 Å². The first-order valence-corrected chi connectivity index (χ1v) is 12.4. The molecule has 1 aliphatic carbocycles. The molecule has 0 aromatic carbocycles. The first kappa shape index (κ1) is 26.7. The van der Waals surface area contributed by atoms with Gasteiger partial charge in [0.15, 0.2) is 0 Å². The summed E-state index contributed by atoms with van der Waals surface area (Å²) < 4.78 is 11.2. The molecule has 0 unspecified atom stereocenters. The lowest BCUT2D eigenvalue weighted by atomic mass is 9.80. The summed E-state index contributed by atoms with van der Waals surface area (Å²) in [5.41, 5.74) is 1.21. The maximum Gasteiger partial charge on any atom is 0.334 e. The van der Waals surface area contributed by atoms with Crippen molar-refractivity contribution in [1.82, 2.24) is 0 Å². The molecular weight excluding hydrogens is 376 g/mol. The summed E-state index contributed by atoms with van der Waals surface area (Å²) in [5.74, 6) is 0.0734. The van der Waals surface area contributed by atoms with Crippen LogP contribution in [0.15, 0.2) is 11.1 Å². The third-order valence-electron chi connectivity index (χ3n) is 5.68. The molecule has 30 heavy (non-hydrogen) atoms. The lowest BCUT2D eigenvalue weighted by molar-refractivity contribution is -0.144. The molecular formula is C26H46O4. The Labute approximate surface area is 185 Å². The van der Waals surface area contributed by atoms with Gasteiger partial charge in [0.05, 0.1) is 18.8 Å². The van der Waals surface area contributed by atoms with Gasteiger partial charge in [-0.2, -0.15) is 0 Å². The molecule has 0 spiro atoms. The van der Waals surface area contributed by atoms with Crippen LogP contribution in [0.4, 0.5) is 0 Å². The van der Waals surface area contributed by atoms with Crippen LogP contribution in [0.2, 0.25) is 0 Å². The largest absolute Gasteiger partial charge is 0.462 e. The molecule has 0 amide bonds. The predicted octanol–water partition coefficient (Wildman–Crippen LogP) is 7.01. The van der Waals surface area contributed by atoms with Crippen LogP contribution in [0.1, 0.15) is 112 Å². The fraction of sp³-hybridized carbons (Fsp3) is 0.846. The van der Waals surface area contributed by atoms with Crippen molar-refractivity contribution >= 4 is 11.9 Å². The molecule has 0 aromatic rings. The summed E-state index contributed by atoms with van der Waals surface area (Å²) in [6.07, 6.45) is 12.9. The summed E-state index contributed by atoms with van der Waals surface area (Å²) >= 11 is 0. The van der Waals surface area contributed by atoms with E-state index in [1.54, 1.807) is 0 Å². The normalized spacial score (nSPS) is 16.0. The molecule has 1 aliphatic rings. The number of esters is 2. The van der Waals surface area contributed by atoms with E-state index >= 15 is 0 Å². The van der Waals surface area contributed by atoms with Crippen molar-refractivity contribution in [2.24, 2.45) is 17.8 Å². The zero-order valence-corrected chi connectivity index (χ0v) is 20.3. The van der Waals surface area contributed by atoms with Crippen LogP contribution in [0.25, 0.3) is 0 Å². The van der Waals surface area contributed by atoms with Gasteiger partial charge >= 0.3 is 11.9 Å². The number of rotatable bonds is 14. The molecule has 4 heteroatoms. The van der Waals surface area contributed by atoms with E-state index in [1.165, 1.54) is 32.1 Å². The molecule has 0 heterocycles. The first-order valence-electron chi connectivity index (χ1n) is 12.4. The highest BCUT2D eigenvalue weighted by Gasteiger charge is 2.31. The first-order chi connectivity index (χ1) is 14.4. The maximum absolute atomic E-state index is 13.1. The van der Waals surface area contributed by atoms with Crippen molar-refractivity contribution < 1.29 is 19.1 Å². The van der Waals surface area contributed by atoms with Gasteiger partial charge in [-0.05, 0) is 43.4 Å². The Morgan fingerprint density at radius 1 is 0.767 bits per heavy atom. The summed E-state index contributed by atoms with van der Waals surface area (Å²) in [4.78, 5) is 26.2. The van der Waals surface area contributed by atoms with Gasteiger partial charge in [-0.3, -0.25) is 0 Å². The molecule has 174 valence electrons. The number of unbranched alkanes of at least 4 members (excludes halogenated alkanes) is 5. The molecule has 0 atom stereocenters. The van der Waals surface area contributed by atoms with Gasteiger partial charge in [-0.25, -0.2) is 9.59 Å². The Morgan fingerprint density at radius 3 is 1.87 bits per heavy atom. The topological polar surface area (TPSA) is 52.6 Å². The van der Waals surface area contributed by atoms with Crippen LogP contribution < -0.4 is 0 Å². The minimum atomic E-state index is -0.306. The smallest absolute Gasteiger partial charge is 0.334 e. The van der Waals surface area contributed by atoms with Gasteiger partial charge in [0.1, 0.15) is 0 Å². The van der Waals surface area contributed by atoms with Gasteiger partial charge in [-0.15, -0.1) is 0 Å². The predicted molar refractivity (Wildman–Crippen MR) is 123 cm³/mol. The van der Waals surface area contributed by atoms with Gasteiger partial charge in [0.25, 0.3) is 0 Å². The van der Waals surface area contributed by atoms with Crippen molar-refractivity contribution in [3.63, 3.8) is 0 Å². The average Bonchev–Trinajstić information content (AvgIpc) is 2.72. The van der Waals surface area contributed by atoms with Crippen LogP contribution in [0.3, 0.4) is 0 Å². The SMILES string of the molecule is CCCCCCCC/C(C(=O)OCC(C)C)=C(/C(=O)OCC(C)C)C1CCCCC1. The molecule has 0 saturated heterocycles. The molecule has 0 aliphatic heterocycles. The Balaban J connectivity index is 3.05. The average molecular weight is 423 g/mol. The Kier molecular flexibility index (Phi) is 13.8. The zero-order valence-electron chi connectivity index (χ0n) is 20.3. The van der Waals surface area contributed by atoms with Crippen LogP contribution in [0, 0.1) is 17.8 Å². The number of carbonyl (C=O) groups is 2. The summed E-state index contributed by atoms with van der Waals surface area (Å²) in [6, 6.07) is 0. The van der Waals surface area contributed by atoms with Gasteiger partial charge < -0.3 is 9.47 Å². The maximum atomic E-state index is 13.1. The number of hydrogen-bond acceptors (Lipinski definition) is 4. The van der Waals surface area contributed by atoms with E-state index in [-0.39, 0.29) is 29.7 Å².